The third-order valence-corrected chi connectivity index (χ3v) is 2.26. The monoisotopic (exact) mass is 269 g/mol. The van der Waals surface area contributed by atoms with E-state index in [0.29, 0.717) is 10.0 Å². The maximum absolute atomic E-state index is 12.8. The fourth-order valence-corrected chi connectivity index (χ4v) is 1.67. The van der Waals surface area contributed by atoms with Gasteiger partial charge in [-0.25, -0.2) is 4.39 Å². The first kappa shape index (κ1) is 12.7. The van der Waals surface area contributed by atoms with Gasteiger partial charge in [0, 0.05) is 16.1 Å². The van der Waals surface area contributed by atoms with Gasteiger partial charge >= 0.3 is 0 Å². The van der Waals surface area contributed by atoms with Crippen LogP contribution in [-0.2, 0) is 0 Å². The second-order valence-corrected chi connectivity index (χ2v) is 3.43. The molecule has 3 N–H and O–H groups in total. The molecule has 0 radical (unpaired) electrons. The van der Waals surface area contributed by atoms with Crippen LogP contribution in [0, 0.1) is 5.82 Å². The Hall–Kier alpha value is -0.320. The number of hydrogen-bond acceptors (Lipinski definition) is 2. The van der Waals surface area contributed by atoms with Crippen LogP contribution in [0.25, 0.3) is 0 Å². The van der Waals surface area contributed by atoms with Crippen molar-refractivity contribution in [3.63, 3.8) is 0 Å². The molecular weight excluding hydrogens is 260 g/mol. The molecule has 0 aliphatic rings. The van der Waals surface area contributed by atoms with Crippen molar-refractivity contribution in [3.8, 4) is 5.75 Å². The highest BCUT2D eigenvalue weighted by molar-refractivity contribution is 9.10. The molecule has 74 valence electrons. The number of phenols is 1. The maximum Gasteiger partial charge on any atom is 0.165 e. The van der Waals surface area contributed by atoms with Crippen molar-refractivity contribution in [2.45, 2.75) is 13.0 Å². The first-order valence-corrected chi connectivity index (χ1v) is 4.25. The van der Waals surface area contributed by atoms with E-state index >= 15 is 0 Å². The summed E-state index contributed by atoms with van der Waals surface area (Å²) < 4.78 is 13.4. The van der Waals surface area contributed by atoms with Crippen LogP contribution in [-0.4, -0.2) is 5.11 Å². The fraction of sp³-hybridized carbons (Fsp3) is 0.250. The number of halogens is 3. The molecule has 0 saturated heterocycles. The van der Waals surface area contributed by atoms with Gasteiger partial charge in [-0.2, -0.15) is 0 Å². The Bertz CT molecular complexity index is 306. The molecule has 0 spiro atoms. The van der Waals surface area contributed by atoms with Crippen LogP contribution in [0.3, 0.4) is 0 Å². The zero-order valence-electron chi connectivity index (χ0n) is 6.92. The second kappa shape index (κ2) is 4.79. The van der Waals surface area contributed by atoms with Gasteiger partial charge in [0.1, 0.15) is 0 Å². The summed E-state index contributed by atoms with van der Waals surface area (Å²) in [6.45, 7) is 1.68. The molecule has 1 aromatic rings. The van der Waals surface area contributed by atoms with Crippen LogP contribution >= 0.6 is 28.3 Å². The van der Waals surface area contributed by atoms with E-state index in [2.05, 4.69) is 15.9 Å². The van der Waals surface area contributed by atoms with Gasteiger partial charge in [0.15, 0.2) is 11.6 Å². The molecule has 0 fully saturated rings. The lowest BCUT2D eigenvalue weighted by atomic mass is 10.1. The summed E-state index contributed by atoms with van der Waals surface area (Å²) >= 11 is 3.18. The lowest BCUT2D eigenvalue weighted by molar-refractivity contribution is 0.421. The molecule has 0 aliphatic heterocycles. The van der Waals surface area contributed by atoms with Crippen molar-refractivity contribution in [2.24, 2.45) is 5.73 Å². The highest BCUT2D eigenvalue weighted by Crippen LogP contribution is 2.32. The Morgan fingerprint density at radius 1 is 1.54 bits per heavy atom. The van der Waals surface area contributed by atoms with Crippen LogP contribution < -0.4 is 5.73 Å². The van der Waals surface area contributed by atoms with Gasteiger partial charge in [-0.1, -0.05) is 15.9 Å². The lowest BCUT2D eigenvalue weighted by Crippen LogP contribution is -2.06. The van der Waals surface area contributed by atoms with Gasteiger partial charge in [0.2, 0.25) is 0 Å². The Morgan fingerprint density at radius 2 is 2.08 bits per heavy atom. The average Bonchev–Trinajstić information content (AvgIpc) is 1.97. The van der Waals surface area contributed by atoms with Crippen molar-refractivity contribution < 1.29 is 9.50 Å². The number of aromatic hydroxyl groups is 1. The fourth-order valence-electron chi connectivity index (χ4n) is 0.990. The topological polar surface area (TPSA) is 46.2 Å². The third kappa shape index (κ3) is 2.56. The minimum Gasteiger partial charge on any atom is -0.505 e. The van der Waals surface area contributed by atoms with Gasteiger partial charge in [-0.05, 0) is 19.1 Å². The molecule has 1 rings (SSSR count). The van der Waals surface area contributed by atoms with Crippen LogP contribution in [0.2, 0.25) is 0 Å². The second-order valence-electron chi connectivity index (χ2n) is 2.58. The minimum absolute atomic E-state index is 0. The third-order valence-electron chi connectivity index (χ3n) is 1.57. The average molecular weight is 271 g/mol. The molecule has 0 aliphatic carbocycles. The molecule has 1 aromatic carbocycles. The van der Waals surface area contributed by atoms with Crippen molar-refractivity contribution in [2.75, 3.05) is 0 Å². The molecule has 0 heterocycles. The molecule has 1 atom stereocenters. The van der Waals surface area contributed by atoms with Crippen LogP contribution in [0.5, 0.6) is 5.75 Å². The summed E-state index contributed by atoms with van der Waals surface area (Å²) in [5.41, 5.74) is 5.93. The minimum atomic E-state index is -0.648. The smallest absolute Gasteiger partial charge is 0.165 e. The quantitative estimate of drug-likeness (QED) is 0.824. The van der Waals surface area contributed by atoms with Gasteiger partial charge in [-0.3, -0.25) is 0 Å². The first-order valence-electron chi connectivity index (χ1n) is 3.46. The Balaban J connectivity index is 0.00000144. The van der Waals surface area contributed by atoms with Gasteiger partial charge in [0.25, 0.3) is 0 Å². The maximum atomic E-state index is 12.8. The summed E-state index contributed by atoms with van der Waals surface area (Å²) in [4.78, 5) is 0. The Labute approximate surface area is 90.5 Å². The van der Waals surface area contributed by atoms with E-state index in [1.165, 1.54) is 12.1 Å². The van der Waals surface area contributed by atoms with Gasteiger partial charge in [-0.15, -0.1) is 12.4 Å². The molecule has 13 heavy (non-hydrogen) atoms. The summed E-state index contributed by atoms with van der Waals surface area (Å²) in [5.74, 6) is -1.02. The summed E-state index contributed by atoms with van der Waals surface area (Å²) in [5, 5.41) is 9.26. The molecular formula is C8H10BrClFNO. The lowest BCUT2D eigenvalue weighted by Gasteiger charge is -2.10. The van der Waals surface area contributed by atoms with Gasteiger partial charge in [0.05, 0.1) is 0 Å². The summed E-state index contributed by atoms with van der Waals surface area (Å²) in [7, 11) is 0. The molecule has 0 amide bonds. The van der Waals surface area contributed by atoms with E-state index in [1.54, 1.807) is 6.92 Å². The summed E-state index contributed by atoms with van der Waals surface area (Å²) in [6, 6.07) is 2.31. The predicted octanol–water partition coefficient (Wildman–Crippen LogP) is 2.74. The Morgan fingerprint density at radius 3 is 2.46 bits per heavy atom. The SMILES string of the molecule is C[C@@H](N)c1c(Br)ccc(F)c1O.Cl. The molecule has 5 heteroatoms. The van der Waals surface area contributed by atoms with E-state index in [4.69, 9.17) is 5.73 Å². The normalized spacial score (nSPS) is 12.0. The number of rotatable bonds is 1. The van der Waals surface area contributed by atoms with E-state index in [0.717, 1.165) is 0 Å². The molecule has 0 bridgehead atoms. The van der Waals surface area contributed by atoms with Crippen molar-refractivity contribution in [1.29, 1.82) is 0 Å². The highest BCUT2D eigenvalue weighted by atomic mass is 79.9. The molecule has 0 saturated carbocycles. The van der Waals surface area contributed by atoms with Crippen molar-refractivity contribution in [1.82, 2.24) is 0 Å². The zero-order valence-corrected chi connectivity index (χ0v) is 9.32. The standard InChI is InChI=1S/C8H9BrFNO.ClH/c1-4(11)7-5(9)2-3-6(10)8(7)12;/h2-4,12H,11H2,1H3;1H/t4-;/m1./s1. The molecule has 2 nitrogen and oxygen atoms in total. The van der Waals surface area contributed by atoms with Crippen LogP contribution in [0.4, 0.5) is 4.39 Å². The van der Waals surface area contributed by atoms with Gasteiger partial charge < -0.3 is 10.8 Å². The number of phenolic OH excluding ortho intramolecular Hbond substituents is 1. The van der Waals surface area contributed by atoms with E-state index in [1.807, 2.05) is 0 Å². The first-order chi connectivity index (χ1) is 5.54. The largest absolute Gasteiger partial charge is 0.505 e. The van der Waals surface area contributed by atoms with Crippen LogP contribution in [0.1, 0.15) is 18.5 Å². The summed E-state index contributed by atoms with van der Waals surface area (Å²) in [6.07, 6.45) is 0. The molecule has 0 unspecified atom stereocenters. The number of nitrogens with two attached hydrogens (primary N) is 1. The predicted molar refractivity (Wildman–Crippen MR) is 55.6 cm³/mol. The van der Waals surface area contributed by atoms with Crippen molar-refractivity contribution >= 4 is 28.3 Å². The van der Waals surface area contributed by atoms with E-state index < -0.39 is 11.9 Å². The zero-order chi connectivity index (χ0) is 9.30. The highest BCUT2D eigenvalue weighted by Gasteiger charge is 2.13. The number of hydrogen-bond donors (Lipinski definition) is 2. The van der Waals surface area contributed by atoms with Crippen molar-refractivity contribution in [3.05, 3.63) is 28.0 Å². The number of benzene rings is 1. The van der Waals surface area contributed by atoms with E-state index in [9.17, 15) is 9.50 Å². The van der Waals surface area contributed by atoms with E-state index in [-0.39, 0.29) is 18.2 Å². The Kier molecular flexibility index (Phi) is 4.67. The molecule has 0 aromatic heterocycles. The van der Waals surface area contributed by atoms with Crippen LogP contribution in [0.15, 0.2) is 16.6 Å².